The van der Waals surface area contributed by atoms with Crippen molar-refractivity contribution < 1.29 is 9.90 Å². The Hall–Kier alpha value is -2.17. The Balaban J connectivity index is 2.59. The number of aryl methyl sites for hydroxylation is 1. The van der Waals surface area contributed by atoms with Gasteiger partial charge in [-0.15, -0.1) is 0 Å². The van der Waals surface area contributed by atoms with E-state index in [1.54, 1.807) is 4.68 Å². The van der Waals surface area contributed by atoms with Crippen molar-refractivity contribution in [1.82, 2.24) is 14.8 Å². The Kier molecular flexibility index (Phi) is 3.88. The highest BCUT2D eigenvalue weighted by Gasteiger charge is 2.17. The molecule has 20 heavy (non-hydrogen) atoms. The number of carboxylic acid groups (broad SMARTS) is 1. The van der Waals surface area contributed by atoms with Gasteiger partial charge in [0.25, 0.3) is 0 Å². The fourth-order valence-electron chi connectivity index (χ4n) is 2.01. The third kappa shape index (κ3) is 2.71. The maximum atomic E-state index is 11.0. The van der Waals surface area contributed by atoms with Crippen molar-refractivity contribution in [3.05, 3.63) is 41.0 Å². The molecule has 106 valence electrons. The second-order valence-corrected chi connectivity index (χ2v) is 5.24. The molecular formula is C15H19N3O2. The van der Waals surface area contributed by atoms with E-state index in [-0.39, 0.29) is 12.3 Å². The summed E-state index contributed by atoms with van der Waals surface area (Å²) < 4.78 is 1.66. The third-order valence-electron chi connectivity index (χ3n) is 3.32. The standard InChI is InChI=1S/C15H19N3O2/c1-9(2)15-16-13(8-14(19)20)18(17-15)12-7-5-6-10(3)11(12)4/h5-7,9H,8H2,1-4H3,(H,19,20). The zero-order chi connectivity index (χ0) is 14.9. The molecule has 0 radical (unpaired) electrons. The van der Waals surface area contributed by atoms with Crippen molar-refractivity contribution in [3.63, 3.8) is 0 Å². The molecule has 0 spiro atoms. The molecule has 0 amide bonds. The maximum absolute atomic E-state index is 11.0. The van der Waals surface area contributed by atoms with Gasteiger partial charge in [0, 0.05) is 5.92 Å². The van der Waals surface area contributed by atoms with E-state index >= 15 is 0 Å². The summed E-state index contributed by atoms with van der Waals surface area (Å²) in [4.78, 5) is 15.4. The molecule has 0 unspecified atom stereocenters. The Morgan fingerprint density at radius 1 is 1.35 bits per heavy atom. The predicted molar refractivity (Wildman–Crippen MR) is 76.3 cm³/mol. The van der Waals surface area contributed by atoms with Gasteiger partial charge >= 0.3 is 5.97 Å². The Morgan fingerprint density at radius 3 is 2.65 bits per heavy atom. The molecule has 5 nitrogen and oxygen atoms in total. The molecule has 0 aliphatic carbocycles. The number of carbonyl (C=O) groups is 1. The summed E-state index contributed by atoms with van der Waals surface area (Å²) in [5.41, 5.74) is 3.12. The number of hydrogen-bond donors (Lipinski definition) is 1. The summed E-state index contributed by atoms with van der Waals surface area (Å²) in [6.45, 7) is 8.02. The molecule has 0 saturated carbocycles. The molecule has 0 saturated heterocycles. The summed E-state index contributed by atoms with van der Waals surface area (Å²) in [6, 6.07) is 5.90. The van der Waals surface area contributed by atoms with Crippen LogP contribution in [-0.4, -0.2) is 25.8 Å². The van der Waals surface area contributed by atoms with Crippen LogP contribution in [0.25, 0.3) is 5.69 Å². The monoisotopic (exact) mass is 273 g/mol. The van der Waals surface area contributed by atoms with Crippen LogP contribution < -0.4 is 0 Å². The van der Waals surface area contributed by atoms with Crippen molar-refractivity contribution in [2.75, 3.05) is 0 Å². The van der Waals surface area contributed by atoms with Gasteiger partial charge in [-0.05, 0) is 31.0 Å². The molecule has 0 bridgehead atoms. The molecule has 1 heterocycles. The Morgan fingerprint density at radius 2 is 2.05 bits per heavy atom. The van der Waals surface area contributed by atoms with Crippen molar-refractivity contribution in [1.29, 1.82) is 0 Å². The average molecular weight is 273 g/mol. The van der Waals surface area contributed by atoms with Gasteiger partial charge in [0.15, 0.2) is 5.82 Å². The van der Waals surface area contributed by atoms with Crippen LogP contribution in [0.3, 0.4) is 0 Å². The number of benzene rings is 1. The first-order chi connectivity index (χ1) is 9.40. The van der Waals surface area contributed by atoms with Crippen molar-refractivity contribution in [2.45, 2.75) is 40.0 Å². The van der Waals surface area contributed by atoms with E-state index in [4.69, 9.17) is 5.11 Å². The smallest absolute Gasteiger partial charge is 0.311 e. The van der Waals surface area contributed by atoms with Gasteiger partial charge in [-0.25, -0.2) is 9.67 Å². The zero-order valence-electron chi connectivity index (χ0n) is 12.2. The molecule has 5 heteroatoms. The maximum Gasteiger partial charge on any atom is 0.311 e. The van der Waals surface area contributed by atoms with Crippen LogP contribution in [0.1, 0.15) is 42.5 Å². The first kappa shape index (κ1) is 14.2. The minimum Gasteiger partial charge on any atom is -0.481 e. The van der Waals surface area contributed by atoms with Gasteiger partial charge in [-0.2, -0.15) is 5.10 Å². The minimum atomic E-state index is -0.903. The van der Waals surface area contributed by atoms with E-state index in [9.17, 15) is 4.79 Å². The van der Waals surface area contributed by atoms with Crippen LogP contribution >= 0.6 is 0 Å². The number of carboxylic acids is 1. The summed E-state index contributed by atoms with van der Waals surface area (Å²) in [5, 5.41) is 13.5. The Bertz CT molecular complexity index is 645. The summed E-state index contributed by atoms with van der Waals surface area (Å²) in [5.74, 6) is 0.394. The first-order valence-corrected chi connectivity index (χ1v) is 6.64. The zero-order valence-corrected chi connectivity index (χ0v) is 12.2. The lowest BCUT2D eigenvalue weighted by atomic mass is 10.1. The van der Waals surface area contributed by atoms with Crippen molar-refractivity contribution in [3.8, 4) is 5.69 Å². The molecule has 2 rings (SSSR count). The molecule has 1 aromatic carbocycles. The lowest BCUT2D eigenvalue weighted by Crippen LogP contribution is -2.10. The molecule has 1 N–H and O–H groups in total. The van der Waals surface area contributed by atoms with E-state index in [2.05, 4.69) is 10.1 Å². The second kappa shape index (κ2) is 5.45. The Labute approximate surface area is 118 Å². The van der Waals surface area contributed by atoms with E-state index in [0.717, 1.165) is 16.8 Å². The molecule has 0 aliphatic heterocycles. The number of aliphatic carboxylic acids is 1. The normalized spacial score (nSPS) is 11.1. The van der Waals surface area contributed by atoms with Crippen LogP contribution in [0.4, 0.5) is 0 Å². The lowest BCUT2D eigenvalue weighted by Gasteiger charge is -2.10. The van der Waals surface area contributed by atoms with Gasteiger partial charge < -0.3 is 5.11 Å². The van der Waals surface area contributed by atoms with Crippen molar-refractivity contribution in [2.24, 2.45) is 0 Å². The number of nitrogens with zero attached hydrogens (tertiary/aromatic N) is 3. The highest BCUT2D eigenvalue weighted by molar-refractivity contribution is 5.69. The van der Waals surface area contributed by atoms with E-state index in [0.29, 0.717) is 11.6 Å². The molecule has 1 aromatic heterocycles. The highest BCUT2D eigenvalue weighted by atomic mass is 16.4. The van der Waals surface area contributed by atoms with Crippen LogP contribution in [0.2, 0.25) is 0 Å². The largest absolute Gasteiger partial charge is 0.481 e. The SMILES string of the molecule is Cc1cccc(-n2nc(C(C)C)nc2CC(=O)O)c1C. The third-order valence-corrected chi connectivity index (χ3v) is 3.32. The van der Waals surface area contributed by atoms with E-state index in [1.807, 2.05) is 45.9 Å². The summed E-state index contributed by atoms with van der Waals surface area (Å²) >= 11 is 0. The fourth-order valence-corrected chi connectivity index (χ4v) is 2.01. The van der Waals surface area contributed by atoms with Crippen LogP contribution in [0.15, 0.2) is 18.2 Å². The van der Waals surface area contributed by atoms with Crippen LogP contribution in [-0.2, 0) is 11.2 Å². The van der Waals surface area contributed by atoms with Crippen molar-refractivity contribution >= 4 is 5.97 Å². The quantitative estimate of drug-likeness (QED) is 0.929. The summed E-state index contributed by atoms with van der Waals surface area (Å²) in [6.07, 6.45) is -0.132. The van der Waals surface area contributed by atoms with Gasteiger partial charge in [-0.1, -0.05) is 26.0 Å². The predicted octanol–water partition coefficient (Wildman–Crippen LogP) is 2.63. The molecular weight excluding hydrogens is 254 g/mol. The molecule has 0 fully saturated rings. The van der Waals surface area contributed by atoms with Gasteiger partial charge in [0.2, 0.25) is 0 Å². The highest BCUT2D eigenvalue weighted by Crippen LogP contribution is 2.20. The van der Waals surface area contributed by atoms with E-state index in [1.165, 1.54) is 0 Å². The molecule has 2 aromatic rings. The van der Waals surface area contributed by atoms with Crippen LogP contribution in [0.5, 0.6) is 0 Å². The minimum absolute atomic E-state index is 0.132. The first-order valence-electron chi connectivity index (χ1n) is 6.64. The number of aromatic nitrogens is 3. The van der Waals surface area contributed by atoms with Gasteiger partial charge in [0.05, 0.1) is 5.69 Å². The number of hydrogen-bond acceptors (Lipinski definition) is 3. The summed E-state index contributed by atoms with van der Waals surface area (Å²) in [7, 11) is 0. The molecule has 0 aliphatic rings. The topological polar surface area (TPSA) is 68.0 Å². The average Bonchev–Trinajstić information content (AvgIpc) is 2.76. The van der Waals surface area contributed by atoms with Crippen LogP contribution in [0, 0.1) is 13.8 Å². The lowest BCUT2D eigenvalue weighted by molar-refractivity contribution is -0.136. The van der Waals surface area contributed by atoms with E-state index < -0.39 is 5.97 Å². The van der Waals surface area contributed by atoms with Gasteiger partial charge in [0.1, 0.15) is 12.2 Å². The van der Waals surface area contributed by atoms with Gasteiger partial charge in [-0.3, -0.25) is 4.79 Å². The molecule has 0 atom stereocenters. The fraction of sp³-hybridized carbons (Fsp3) is 0.400. The second-order valence-electron chi connectivity index (χ2n) is 5.24. The number of rotatable bonds is 4.